The standard InChI is InChI=1S/C36H23Cl/c1-22-21-24(37)18-19-25(22)29-13-8-16-32-35(29)34-26-10-3-2-9-23(26)17-20-33(34)36(32)30-14-6-4-11-27(30)28-12-5-7-15-31(28)36/h2-21H,1H3. The first-order valence-corrected chi connectivity index (χ1v) is 13.2. The summed E-state index contributed by atoms with van der Waals surface area (Å²) >= 11 is 6.39. The van der Waals surface area contributed by atoms with E-state index in [2.05, 4.69) is 122 Å². The number of halogens is 1. The fourth-order valence-electron chi connectivity index (χ4n) is 7.10. The van der Waals surface area contributed by atoms with Gasteiger partial charge in [-0.15, -0.1) is 0 Å². The van der Waals surface area contributed by atoms with Crippen molar-refractivity contribution in [2.45, 2.75) is 12.3 Å². The molecular weight excluding hydrogens is 468 g/mol. The second-order valence-corrected chi connectivity index (χ2v) is 10.7. The Hall–Kier alpha value is -4.13. The molecular formula is C36H23Cl. The van der Waals surface area contributed by atoms with Gasteiger partial charge in [0.15, 0.2) is 0 Å². The van der Waals surface area contributed by atoms with Crippen molar-refractivity contribution >= 4 is 22.4 Å². The van der Waals surface area contributed by atoms with Crippen molar-refractivity contribution in [1.82, 2.24) is 0 Å². The molecule has 2 aliphatic rings. The molecule has 0 aromatic heterocycles. The summed E-state index contributed by atoms with van der Waals surface area (Å²) in [5.74, 6) is 0. The van der Waals surface area contributed by atoms with E-state index >= 15 is 0 Å². The molecule has 0 heterocycles. The number of hydrogen-bond acceptors (Lipinski definition) is 0. The maximum Gasteiger partial charge on any atom is 0.0725 e. The third-order valence-corrected chi connectivity index (χ3v) is 8.72. The molecule has 0 N–H and O–H groups in total. The molecule has 0 amide bonds. The molecule has 0 radical (unpaired) electrons. The van der Waals surface area contributed by atoms with Gasteiger partial charge in [0, 0.05) is 5.02 Å². The highest BCUT2D eigenvalue weighted by Crippen LogP contribution is 2.65. The van der Waals surface area contributed by atoms with E-state index in [4.69, 9.17) is 11.6 Å². The molecule has 0 aliphatic heterocycles. The first kappa shape index (κ1) is 21.0. The summed E-state index contributed by atoms with van der Waals surface area (Å²) in [6.45, 7) is 2.16. The van der Waals surface area contributed by atoms with E-state index < -0.39 is 0 Å². The highest BCUT2D eigenvalue weighted by Gasteiger charge is 2.52. The summed E-state index contributed by atoms with van der Waals surface area (Å²) in [6, 6.07) is 44.6. The molecule has 0 saturated heterocycles. The van der Waals surface area contributed by atoms with Crippen molar-refractivity contribution in [3.8, 4) is 33.4 Å². The van der Waals surface area contributed by atoms with Crippen molar-refractivity contribution in [3.63, 3.8) is 0 Å². The first-order chi connectivity index (χ1) is 18.2. The van der Waals surface area contributed by atoms with Crippen LogP contribution in [0, 0.1) is 6.92 Å². The molecule has 0 unspecified atom stereocenters. The lowest BCUT2D eigenvalue weighted by atomic mass is 9.70. The lowest BCUT2D eigenvalue weighted by Gasteiger charge is -2.30. The molecule has 37 heavy (non-hydrogen) atoms. The Balaban J connectivity index is 1.61. The van der Waals surface area contributed by atoms with Crippen molar-refractivity contribution < 1.29 is 0 Å². The van der Waals surface area contributed by atoms with E-state index in [-0.39, 0.29) is 5.41 Å². The molecule has 1 spiro atoms. The van der Waals surface area contributed by atoms with Crippen LogP contribution in [0.15, 0.2) is 121 Å². The molecule has 1 heteroatoms. The molecule has 8 rings (SSSR count). The molecule has 0 nitrogen and oxygen atoms in total. The van der Waals surface area contributed by atoms with Crippen LogP contribution < -0.4 is 0 Å². The van der Waals surface area contributed by atoms with Gasteiger partial charge in [-0.05, 0) is 91.0 Å². The SMILES string of the molecule is Cc1cc(Cl)ccc1-c1cccc2c1-c1c(ccc3ccccc13)C21c2ccccc2-c2ccccc21. The molecule has 6 aromatic rings. The van der Waals surface area contributed by atoms with Gasteiger partial charge >= 0.3 is 0 Å². The Labute approximate surface area is 221 Å². The van der Waals surface area contributed by atoms with Gasteiger partial charge in [0.05, 0.1) is 5.41 Å². The second-order valence-electron chi connectivity index (χ2n) is 10.2. The molecule has 0 atom stereocenters. The highest BCUT2D eigenvalue weighted by atomic mass is 35.5. The van der Waals surface area contributed by atoms with Crippen LogP contribution in [0.4, 0.5) is 0 Å². The van der Waals surface area contributed by atoms with Gasteiger partial charge in [0.2, 0.25) is 0 Å². The monoisotopic (exact) mass is 490 g/mol. The molecule has 174 valence electrons. The van der Waals surface area contributed by atoms with E-state index in [1.54, 1.807) is 0 Å². The predicted molar refractivity (Wildman–Crippen MR) is 155 cm³/mol. The summed E-state index contributed by atoms with van der Waals surface area (Å²) in [4.78, 5) is 0. The third kappa shape index (κ3) is 2.59. The summed E-state index contributed by atoms with van der Waals surface area (Å²) in [7, 11) is 0. The number of hydrogen-bond donors (Lipinski definition) is 0. The number of benzene rings is 6. The summed E-state index contributed by atoms with van der Waals surface area (Å²) in [6.07, 6.45) is 0. The zero-order valence-corrected chi connectivity index (χ0v) is 21.2. The van der Waals surface area contributed by atoms with Gasteiger partial charge in [-0.2, -0.15) is 0 Å². The highest BCUT2D eigenvalue weighted by molar-refractivity contribution is 6.30. The van der Waals surface area contributed by atoms with Gasteiger partial charge < -0.3 is 0 Å². The minimum Gasteiger partial charge on any atom is -0.0843 e. The van der Waals surface area contributed by atoms with Crippen LogP contribution in [0.2, 0.25) is 5.02 Å². The predicted octanol–water partition coefficient (Wildman–Crippen LogP) is 9.81. The molecule has 2 aliphatic carbocycles. The molecule has 0 saturated carbocycles. The van der Waals surface area contributed by atoms with Gasteiger partial charge in [-0.25, -0.2) is 0 Å². The third-order valence-electron chi connectivity index (χ3n) is 8.48. The van der Waals surface area contributed by atoms with Gasteiger partial charge in [-0.1, -0.05) is 121 Å². The average molecular weight is 491 g/mol. The van der Waals surface area contributed by atoms with E-state index in [0.29, 0.717) is 0 Å². The van der Waals surface area contributed by atoms with Crippen molar-refractivity contribution in [3.05, 3.63) is 154 Å². The summed E-state index contributed by atoms with van der Waals surface area (Å²) in [5, 5.41) is 3.35. The number of aryl methyl sites for hydroxylation is 1. The van der Waals surface area contributed by atoms with Crippen molar-refractivity contribution in [1.29, 1.82) is 0 Å². The van der Waals surface area contributed by atoms with E-state index in [0.717, 1.165) is 5.02 Å². The van der Waals surface area contributed by atoms with Crippen LogP contribution in [0.1, 0.15) is 27.8 Å². The minimum absolute atomic E-state index is 0.349. The minimum atomic E-state index is -0.349. The number of fused-ring (bicyclic) bond motifs is 12. The van der Waals surface area contributed by atoms with E-state index in [1.165, 1.54) is 72.0 Å². The normalized spacial score (nSPS) is 13.9. The first-order valence-electron chi connectivity index (χ1n) is 12.8. The Morgan fingerprint density at radius 2 is 1.11 bits per heavy atom. The topological polar surface area (TPSA) is 0 Å². The summed E-state index contributed by atoms with van der Waals surface area (Å²) in [5.41, 5.74) is 14.2. The van der Waals surface area contributed by atoms with E-state index in [9.17, 15) is 0 Å². The van der Waals surface area contributed by atoms with Crippen LogP contribution in [-0.4, -0.2) is 0 Å². The molecule has 0 fully saturated rings. The lowest BCUT2D eigenvalue weighted by molar-refractivity contribution is 0.794. The van der Waals surface area contributed by atoms with Crippen molar-refractivity contribution in [2.24, 2.45) is 0 Å². The lowest BCUT2D eigenvalue weighted by Crippen LogP contribution is -2.25. The second kappa shape index (κ2) is 7.44. The maximum atomic E-state index is 6.39. The largest absolute Gasteiger partial charge is 0.0843 e. The van der Waals surface area contributed by atoms with Crippen LogP contribution >= 0.6 is 11.6 Å². The fraction of sp³-hybridized carbons (Fsp3) is 0.0556. The van der Waals surface area contributed by atoms with Crippen LogP contribution in [0.3, 0.4) is 0 Å². The Bertz CT molecular complexity index is 1860. The Kier molecular flexibility index (Phi) is 4.23. The van der Waals surface area contributed by atoms with Crippen molar-refractivity contribution in [2.75, 3.05) is 0 Å². The Morgan fingerprint density at radius 1 is 0.486 bits per heavy atom. The quantitative estimate of drug-likeness (QED) is 0.215. The van der Waals surface area contributed by atoms with Crippen LogP contribution in [0.25, 0.3) is 44.2 Å². The Morgan fingerprint density at radius 3 is 1.86 bits per heavy atom. The number of rotatable bonds is 1. The molecule has 0 bridgehead atoms. The van der Waals surface area contributed by atoms with E-state index in [1.807, 2.05) is 6.07 Å². The van der Waals surface area contributed by atoms with Gasteiger partial charge in [0.1, 0.15) is 0 Å². The smallest absolute Gasteiger partial charge is 0.0725 e. The van der Waals surface area contributed by atoms with Gasteiger partial charge in [-0.3, -0.25) is 0 Å². The fourth-order valence-corrected chi connectivity index (χ4v) is 7.33. The maximum absolute atomic E-state index is 6.39. The zero-order valence-electron chi connectivity index (χ0n) is 20.4. The van der Waals surface area contributed by atoms with Gasteiger partial charge in [0.25, 0.3) is 0 Å². The van der Waals surface area contributed by atoms with Crippen LogP contribution in [-0.2, 0) is 5.41 Å². The zero-order chi connectivity index (χ0) is 24.7. The van der Waals surface area contributed by atoms with Crippen LogP contribution in [0.5, 0.6) is 0 Å². The summed E-state index contributed by atoms with van der Waals surface area (Å²) < 4.78 is 0. The molecule has 6 aromatic carbocycles. The average Bonchev–Trinajstić information content (AvgIpc) is 3.41.